The average molecular weight is 367 g/mol. The maximum atomic E-state index is 12.4. The van der Waals surface area contributed by atoms with Crippen molar-refractivity contribution in [2.45, 2.75) is 51.6 Å². The smallest absolute Gasteiger partial charge is 0.412 e. The number of benzene rings is 1. The third-order valence-electron chi connectivity index (χ3n) is 5.05. The minimum Gasteiger partial charge on any atom is -0.434 e. The van der Waals surface area contributed by atoms with Gasteiger partial charge in [0, 0.05) is 12.4 Å². The molecule has 2 aliphatic rings. The first-order valence-corrected chi connectivity index (χ1v) is 9.24. The molecule has 4 rings (SSSR count). The highest BCUT2D eigenvalue weighted by molar-refractivity contribution is 5.90. The highest BCUT2D eigenvalue weighted by atomic mass is 16.6. The molecule has 27 heavy (non-hydrogen) atoms. The summed E-state index contributed by atoms with van der Waals surface area (Å²) in [6.45, 7) is 1.46. The number of amides is 1. The average Bonchev–Trinajstić information content (AvgIpc) is 3.31. The van der Waals surface area contributed by atoms with Gasteiger partial charge < -0.3 is 9.47 Å². The van der Waals surface area contributed by atoms with Crippen molar-refractivity contribution in [1.29, 1.82) is 0 Å². The molecule has 0 spiro atoms. The van der Waals surface area contributed by atoms with Crippen LogP contribution in [0.2, 0.25) is 0 Å². The number of rotatable bonds is 4. The quantitative estimate of drug-likeness (QED) is 0.836. The summed E-state index contributed by atoms with van der Waals surface area (Å²) >= 11 is 0. The highest BCUT2D eigenvalue weighted by Gasteiger charge is 2.27. The molecule has 1 N–H and O–H groups in total. The molecule has 1 amide bonds. The van der Waals surface area contributed by atoms with E-state index in [1.807, 2.05) is 0 Å². The van der Waals surface area contributed by atoms with Crippen LogP contribution in [0.5, 0.6) is 6.01 Å². The normalized spacial score (nSPS) is 15.6. The molecule has 0 saturated heterocycles. The number of hydrogen-bond donors (Lipinski definition) is 1. The summed E-state index contributed by atoms with van der Waals surface area (Å²) in [4.78, 5) is 32.1. The van der Waals surface area contributed by atoms with Gasteiger partial charge in [-0.25, -0.2) is 19.6 Å². The predicted octanol–water partition coefficient (Wildman–Crippen LogP) is 3.00. The van der Waals surface area contributed by atoms with Crippen LogP contribution in [-0.4, -0.2) is 28.1 Å². The molecule has 0 unspecified atom stereocenters. The largest absolute Gasteiger partial charge is 0.434 e. The molecule has 0 aliphatic heterocycles. The number of hydrogen-bond acceptors (Lipinski definition) is 6. The van der Waals surface area contributed by atoms with Crippen molar-refractivity contribution >= 4 is 17.7 Å². The Morgan fingerprint density at radius 3 is 2.30 bits per heavy atom. The van der Waals surface area contributed by atoms with Crippen molar-refractivity contribution < 1.29 is 19.1 Å². The molecule has 1 heterocycles. The number of esters is 1. The molecule has 140 valence electrons. The first kappa shape index (κ1) is 17.5. The lowest BCUT2D eigenvalue weighted by atomic mass is 9.99. The van der Waals surface area contributed by atoms with Gasteiger partial charge in [-0.15, -0.1) is 0 Å². The van der Waals surface area contributed by atoms with E-state index in [1.54, 1.807) is 6.07 Å². The first-order valence-electron chi connectivity index (χ1n) is 9.24. The summed E-state index contributed by atoms with van der Waals surface area (Å²) in [5, 5.41) is 2.89. The lowest BCUT2D eigenvalue weighted by Crippen LogP contribution is -2.31. The van der Waals surface area contributed by atoms with Gasteiger partial charge in [0.25, 0.3) is 0 Å². The van der Waals surface area contributed by atoms with E-state index in [-0.39, 0.29) is 6.01 Å². The van der Waals surface area contributed by atoms with Gasteiger partial charge in [-0.3, -0.25) is 5.32 Å². The third-order valence-corrected chi connectivity index (χ3v) is 5.05. The summed E-state index contributed by atoms with van der Waals surface area (Å²) in [6.07, 6.45) is 7.42. The Morgan fingerprint density at radius 2 is 1.67 bits per heavy atom. The lowest BCUT2D eigenvalue weighted by Gasteiger charge is -2.17. The fourth-order valence-corrected chi connectivity index (χ4v) is 3.82. The zero-order chi connectivity index (χ0) is 18.8. The number of fused-ring (bicyclic) bond motifs is 2. The Labute approximate surface area is 157 Å². The van der Waals surface area contributed by atoms with Gasteiger partial charge in [-0.2, -0.15) is 0 Å². The molecule has 1 aromatic heterocycles. The van der Waals surface area contributed by atoms with Crippen molar-refractivity contribution in [3.05, 3.63) is 46.8 Å². The zero-order valence-corrected chi connectivity index (χ0v) is 15.2. The highest BCUT2D eigenvalue weighted by Crippen LogP contribution is 2.38. The molecular weight excluding hydrogens is 346 g/mol. The van der Waals surface area contributed by atoms with Crippen LogP contribution in [-0.2, 0) is 35.2 Å². The van der Waals surface area contributed by atoms with E-state index >= 15 is 0 Å². The molecule has 2 aliphatic carbocycles. The molecule has 0 saturated carbocycles. The molecule has 2 aromatic rings. The van der Waals surface area contributed by atoms with E-state index in [0.717, 1.165) is 44.2 Å². The number of aryl methyl sites for hydroxylation is 2. The van der Waals surface area contributed by atoms with Gasteiger partial charge in [0.1, 0.15) is 0 Å². The van der Waals surface area contributed by atoms with E-state index < -0.39 is 18.2 Å². The number of ether oxygens (including phenoxy) is 2. The summed E-state index contributed by atoms with van der Waals surface area (Å²) in [7, 11) is 0. The van der Waals surface area contributed by atoms with Gasteiger partial charge in [0.05, 0.1) is 5.69 Å². The van der Waals surface area contributed by atoms with Crippen LogP contribution in [0.15, 0.2) is 24.5 Å². The second-order valence-electron chi connectivity index (χ2n) is 6.86. The van der Waals surface area contributed by atoms with Crippen LogP contribution < -0.4 is 10.1 Å². The number of nitrogens with one attached hydrogen (secondary N) is 1. The Bertz CT molecular complexity index is 850. The van der Waals surface area contributed by atoms with Crippen LogP contribution in [0.3, 0.4) is 0 Å². The standard InChI is InChI=1S/C20H21N3O4/c1-12(18(24)27-19-21-9-4-10-22-19)26-20(25)23-17-15-7-2-5-13(15)11-14-6-3-8-16(14)17/h4,9-12H,2-3,5-8H2,1H3,(H,23,25)/t12-/m1/s1. The second-order valence-corrected chi connectivity index (χ2v) is 6.86. The Balaban J connectivity index is 1.44. The van der Waals surface area contributed by atoms with E-state index in [2.05, 4.69) is 21.4 Å². The number of carbonyl (C=O) groups excluding carboxylic acids is 2. The number of carbonyl (C=O) groups is 2. The zero-order valence-electron chi connectivity index (χ0n) is 15.2. The monoisotopic (exact) mass is 367 g/mol. The summed E-state index contributed by atoms with van der Waals surface area (Å²) in [5.41, 5.74) is 5.94. The second kappa shape index (κ2) is 7.34. The molecule has 7 nitrogen and oxygen atoms in total. The topological polar surface area (TPSA) is 90.4 Å². The van der Waals surface area contributed by atoms with E-state index in [9.17, 15) is 9.59 Å². The molecule has 0 bridgehead atoms. The summed E-state index contributed by atoms with van der Waals surface area (Å²) in [6, 6.07) is 3.83. The fourth-order valence-electron chi connectivity index (χ4n) is 3.82. The van der Waals surface area contributed by atoms with Crippen LogP contribution >= 0.6 is 0 Å². The van der Waals surface area contributed by atoms with Crippen LogP contribution in [0.1, 0.15) is 42.0 Å². The lowest BCUT2D eigenvalue weighted by molar-refractivity contribution is -0.143. The van der Waals surface area contributed by atoms with E-state index in [1.165, 1.54) is 41.6 Å². The number of anilines is 1. The van der Waals surface area contributed by atoms with Gasteiger partial charge in [0.15, 0.2) is 6.10 Å². The van der Waals surface area contributed by atoms with Gasteiger partial charge in [0.2, 0.25) is 0 Å². The van der Waals surface area contributed by atoms with Crippen molar-refractivity contribution in [2.24, 2.45) is 0 Å². The van der Waals surface area contributed by atoms with Crippen molar-refractivity contribution in [1.82, 2.24) is 9.97 Å². The Kier molecular flexibility index (Phi) is 4.75. The van der Waals surface area contributed by atoms with Crippen molar-refractivity contribution in [2.75, 3.05) is 5.32 Å². The molecule has 1 atom stereocenters. The first-order chi connectivity index (χ1) is 13.1. The Hall–Kier alpha value is -2.96. The number of aromatic nitrogens is 2. The molecule has 1 aromatic carbocycles. The number of nitrogens with zero attached hydrogens (tertiary/aromatic N) is 2. The van der Waals surface area contributed by atoms with Crippen LogP contribution in [0.25, 0.3) is 0 Å². The SMILES string of the molecule is C[C@@H](OC(=O)Nc1c2c(cc3c1CCC3)CCC2)C(=O)Oc1ncccn1. The molecular formula is C20H21N3O4. The molecule has 0 fully saturated rings. The fraction of sp³-hybridized carbons (Fsp3) is 0.400. The molecule has 7 heteroatoms. The van der Waals surface area contributed by atoms with Gasteiger partial charge in [-0.1, -0.05) is 6.07 Å². The maximum Gasteiger partial charge on any atom is 0.412 e. The summed E-state index contributed by atoms with van der Waals surface area (Å²) < 4.78 is 10.2. The van der Waals surface area contributed by atoms with Gasteiger partial charge in [-0.05, 0) is 73.8 Å². The van der Waals surface area contributed by atoms with Crippen molar-refractivity contribution in [3.63, 3.8) is 0 Å². The third kappa shape index (κ3) is 3.63. The van der Waals surface area contributed by atoms with Gasteiger partial charge >= 0.3 is 18.1 Å². The van der Waals surface area contributed by atoms with Crippen molar-refractivity contribution in [3.8, 4) is 6.01 Å². The van der Waals surface area contributed by atoms with Crippen LogP contribution in [0.4, 0.5) is 10.5 Å². The van der Waals surface area contributed by atoms with Crippen LogP contribution in [0, 0.1) is 0 Å². The predicted molar refractivity (Wildman–Crippen MR) is 97.7 cm³/mol. The minimum atomic E-state index is -1.07. The summed E-state index contributed by atoms with van der Waals surface area (Å²) in [5.74, 6) is -0.722. The minimum absolute atomic E-state index is 0.0722. The van der Waals surface area contributed by atoms with E-state index in [0.29, 0.717) is 0 Å². The maximum absolute atomic E-state index is 12.4. The van der Waals surface area contributed by atoms with E-state index in [4.69, 9.17) is 9.47 Å². The molecule has 0 radical (unpaired) electrons. The Morgan fingerprint density at radius 1 is 1.04 bits per heavy atom.